The van der Waals surface area contributed by atoms with Gasteiger partial charge >= 0.3 is 5.97 Å². The lowest BCUT2D eigenvalue weighted by atomic mass is 10.1. The molecule has 0 saturated heterocycles. The maximum Gasteiger partial charge on any atom is 0.363 e. The lowest BCUT2D eigenvalue weighted by Gasteiger charge is -2.09. The van der Waals surface area contributed by atoms with E-state index in [1.54, 1.807) is 18.2 Å². The Hall–Kier alpha value is -3.24. The largest absolute Gasteiger partial charge is 0.488 e. The number of esters is 1. The highest BCUT2D eigenvalue weighted by atomic mass is 127. The SMILES string of the molecule is O=C1OC(c2cc([N+](=O)[O-])ccc2Cl)=N/C1=C\c1ccccc1OCc1cccc(I)c1. The van der Waals surface area contributed by atoms with Crippen LogP contribution in [0.1, 0.15) is 16.7 Å². The van der Waals surface area contributed by atoms with Crippen molar-refractivity contribution >= 4 is 57.8 Å². The number of nitro groups is 1. The zero-order valence-corrected chi connectivity index (χ0v) is 19.2. The van der Waals surface area contributed by atoms with Crippen LogP contribution in [0.5, 0.6) is 5.75 Å². The summed E-state index contributed by atoms with van der Waals surface area (Å²) in [6.07, 6.45) is 1.55. The van der Waals surface area contributed by atoms with Crippen LogP contribution in [0.3, 0.4) is 0 Å². The van der Waals surface area contributed by atoms with Crippen molar-refractivity contribution in [3.8, 4) is 5.75 Å². The lowest BCUT2D eigenvalue weighted by molar-refractivity contribution is -0.384. The number of halogens is 2. The van der Waals surface area contributed by atoms with Crippen molar-refractivity contribution in [2.75, 3.05) is 0 Å². The Morgan fingerprint density at radius 1 is 1.12 bits per heavy atom. The number of benzene rings is 3. The number of hydrogen-bond donors (Lipinski definition) is 0. The minimum atomic E-state index is -0.685. The Balaban J connectivity index is 1.62. The Bertz CT molecular complexity index is 1290. The number of nitro benzene ring substituents is 1. The van der Waals surface area contributed by atoms with E-state index in [4.69, 9.17) is 21.1 Å². The van der Waals surface area contributed by atoms with E-state index in [1.807, 2.05) is 36.4 Å². The molecule has 3 aromatic carbocycles. The molecule has 160 valence electrons. The van der Waals surface area contributed by atoms with Gasteiger partial charge in [-0.15, -0.1) is 0 Å². The molecule has 32 heavy (non-hydrogen) atoms. The third-order valence-corrected chi connectivity index (χ3v) is 5.51. The average Bonchev–Trinajstić information content (AvgIpc) is 3.13. The van der Waals surface area contributed by atoms with Gasteiger partial charge in [0.1, 0.15) is 12.4 Å². The van der Waals surface area contributed by atoms with Crippen LogP contribution in [0.15, 0.2) is 77.4 Å². The van der Waals surface area contributed by atoms with Crippen LogP contribution in [-0.2, 0) is 16.1 Å². The van der Waals surface area contributed by atoms with Crippen molar-refractivity contribution in [3.63, 3.8) is 0 Å². The van der Waals surface area contributed by atoms with Crippen LogP contribution < -0.4 is 4.74 Å². The van der Waals surface area contributed by atoms with Gasteiger partial charge in [-0.2, -0.15) is 0 Å². The predicted molar refractivity (Wildman–Crippen MR) is 129 cm³/mol. The fourth-order valence-electron chi connectivity index (χ4n) is 2.98. The first-order valence-electron chi connectivity index (χ1n) is 9.34. The first-order valence-corrected chi connectivity index (χ1v) is 10.8. The average molecular weight is 561 g/mol. The van der Waals surface area contributed by atoms with Crippen LogP contribution in [-0.4, -0.2) is 16.8 Å². The minimum Gasteiger partial charge on any atom is -0.488 e. The maximum atomic E-state index is 12.4. The van der Waals surface area contributed by atoms with Gasteiger partial charge in [0, 0.05) is 21.3 Å². The third-order valence-electron chi connectivity index (χ3n) is 4.51. The molecule has 9 heteroatoms. The Kier molecular flexibility index (Phi) is 6.52. The van der Waals surface area contributed by atoms with E-state index >= 15 is 0 Å². The smallest absolute Gasteiger partial charge is 0.363 e. The van der Waals surface area contributed by atoms with Crippen LogP contribution in [0.2, 0.25) is 5.02 Å². The predicted octanol–water partition coefficient (Wildman–Crippen LogP) is 5.78. The molecule has 0 aliphatic carbocycles. The van der Waals surface area contributed by atoms with E-state index in [2.05, 4.69) is 27.6 Å². The molecule has 3 aromatic rings. The van der Waals surface area contributed by atoms with Crippen LogP contribution in [0.4, 0.5) is 5.69 Å². The van der Waals surface area contributed by atoms with Crippen molar-refractivity contribution in [2.24, 2.45) is 4.99 Å². The molecule has 1 aliphatic heterocycles. The molecule has 0 radical (unpaired) electrons. The summed E-state index contributed by atoms with van der Waals surface area (Å²) in [7, 11) is 0. The van der Waals surface area contributed by atoms with Crippen molar-refractivity contribution in [3.05, 3.63) is 108 Å². The molecule has 0 unspecified atom stereocenters. The summed E-state index contributed by atoms with van der Waals surface area (Å²) >= 11 is 8.38. The first-order chi connectivity index (χ1) is 15.4. The van der Waals surface area contributed by atoms with Gasteiger partial charge in [-0.05, 0) is 58.5 Å². The fourth-order valence-corrected chi connectivity index (χ4v) is 3.79. The number of non-ortho nitro benzene ring substituents is 1. The molecule has 0 atom stereocenters. The zero-order chi connectivity index (χ0) is 22.7. The summed E-state index contributed by atoms with van der Waals surface area (Å²) < 4.78 is 12.3. The molecule has 0 amide bonds. The van der Waals surface area contributed by atoms with Gasteiger partial charge in [-0.25, -0.2) is 9.79 Å². The topological polar surface area (TPSA) is 91.0 Å². The number of aliphatic imine (C=N–C) groups is 1. The van der Waals surface area contributed by atoms with E-state index < -0.39 is 10.9 Å². The summed E-state index contributed by atoms with van der Waals surface area (Å²) in [5, 5.41) is 11.2. The molecule has 0 aromatic heterocycles. The number of para-hydroxylation sites is 1. The summed E-state index contributed by atoms with van der Waals surface area (Å²) in [6.45, 7) is 0.360. The van der Waals surface area contributed by atoms with Crippen molar-refractivity contribution in [2.45, 2.75) is 6.61 Å². The van der Waals surface area contributed by atoms with Crippen LogP contribution in [0.25, 0.3) is 6.08 Å². The molecular formula is C23H14ClIN2O5. The first kappa shape index (κ1) is 22.0. The van der Waals surface area contributed by atoms with Gasteiger partial charge in [0.25, 0.3) is 5.69 Å². The van der Waals surface area contributed by atoms with Crippen molar-refractivity contribution < 1.29 is 19.2 Å². The van der Waals surface area contributed by atoms with Gasteiger partial charge in [0.15, 0.2) is 5.70 Å². The third kappa shape index (κ3) is 4.97. The van der Waals surface area contributed by atoms with Crippen LogP contribution in [0, 0.1) is 13.7 Å². The van der Waals surface area contributed by atoms with Gasteiger partial charge in [-0.3, -0.25) is 10.1 Å². The molecule has 1 aliphatic rings. The Morgan fingerprint density at radius 2 is 1.94 bits per heavy atom. The molecule has 4 rings (SSSR count). The molecule has 0 N–H and O–H groups in total. The number of hydrogen-bond acceptors (Lipinski definition) is 6. The molecule has 0 fully saturated rings. The Labute approximate surface area is 201 Å². The normalized spacial score (nSPS) is 14.2. The molecule has 0 spiro atoms. The summed E-state index contributed by atoms with van der Waals surface area (Å²) in [5.74, 6) is -0.203. The lowest BCUT2D eigenvalue weighted by Crippen LogP contribution is -2.06. The second kappa shape index (κ2) is 9.49. The monoisotopic (exact) mass is 560 g/mol. The minimum absolute atomic E-state index is 0.0351. The van der Waals surface area contributed by atoms with Gasteiger partial charge in [0.05, 0.1) is 15.5 Å². The number of rotatable bonds is 6. The van der Waals surface area contributed by atoms with E-state index in [9.17, 15) is 14.9 Å². The summed E-state index contributed by atoms with van der Waals surface area (Å²) in [4.78, 5) is 27.1. The number of nitrogens with zero attached hydrogens (tertiary/aromatic N) is 2. The number of ether oxygens (including phenoxy) is 2. The van der Waals surface area contributed by atoms with E-state index in [0.717, 1.165) is 9.13 Å². The van der Waals surface area contributed by atoms with Gasteiger partial charge in [-0.1, -0.05) is 41.9 Å². The molecular weight excluding hydrogens is 547 g/mol. The molecule has 1 heterocycles. The van der Waals surface area contributed by atoms with E-state index in [-0.39, 0.29) is 27.9 Å². The van der Waals surface area contributed by atoms with Crippen LogP contribution >= 0.6 is 34.2 Å². The van der Waals surface area contributed by atoms with E-state index in [0.29, 0.717) is 17.9 Å². The summed E-state index contributed by atoms with van der Waals surface area (Å²) in [5.41, 5.74) is 1.67. The number of carbonyl (C=O) groups is 1. The maximum absolute atomic E-state index is 12.4. The number of carbonyl (C=O) groups excluding carboxylic acids is 1. The Morgan fingerprint density at radius 3 is 2.72 bits per heavy atom. The van der Waals surface area contributed by atoms with E-state index in [1.165, 1.54) is 18.2 Å². The fraction of sp³-hybridized carbons (Fsp3) is 0.0435. The van der Waals surface area contributed by atoms with Gasteiger partial charge < -0.3 is 9.47 Å². The quantitative estimate of drug-likeness (QED) is 0.125. The number of cyclic esters (lactones) is 1. The summed E-state index contributed by atoms with van der Waals surface area (Å²) in [6, 6.07) is 19.0. The zero-order valence-electron chi connectivity index (χ0n) is 16.3. The standard InChI is InChI=1S/C23H14ClIN2O5/c24-19-9-8-17(27(29)30)12-18(19)22-26-20(23(28)32-22)11-15-5-1-2-7-21(15)31-13-14-4-3-6-16(25)10-14/h1-12H,13H2/b20-11-. The molecule has 0 bridgehead atoms. The highest BCUT2D eigenvalue weighted by Gasteiger charge is 2.27. The molecule has 7 nitrogen and oxygen atoms in total. The van der Waals surface area contributed by atoms with Crippen molar-refractivity contribution in [1.82, 2.24) is 0 Å². The van der Waals surface area contributed by atoms with Gasteiger partial charge in [0.2, 0.25) is 5.90 Å². The highest BCUT2D eigenvalue weighted by molar-refractivity contribution is 14.1. The molecule has 0 saturated carbocycles. The second-order valence-corrected chi connectivity index (χ2v) is 8.37. The highest BCUT2D eigenvalue weighted by Crippen LogP contribution is 2.29. The van der Waals surface area contributed by atoms with Crippen molar-refractivity contribution in [1.29, 1.82) is 0 Å². The second-order valence-electron chi connectivity index (χ2n) is 6.71.